The van der Waals surface area contributed by atoms with E-state index in [0.29, 0.717) is 0 Å². The largest absolute Gasteiger partial charge is 0.264 e. The Morgan fingerprint density at radius 1 is 0.464 bits per heavy atom. The maximum atomic E-state index is 4.23. The number of nitrogens with zero attached hydrogens (tertiary/aromatic N) is 1. The van der Waals surface area contributed by atoms with Gasteiger partial charge in [0.25, 0.3) is 0 Å². The second kappa shape index (κ2) is 5.90. The highest BCUT2D eigenvalue weighted by Crippen LogP contribution is 2.48. The van der Waals surface area contributed by atoms with Crippen LogP contribution in [-0.4, -0.2) is 4.98 Å². The van der Waals surface area contributed by atoms with Crippen LogP contribution < -0.4 is 0 Å². The van der Waals surface area contributed by atoms with Gasteiger partial charge in [-0.2, -0.15) is 0 Å². The summed E-state index contributed by atoms with van der Waals surface area (Å²) in [6, 6.07) is 32.9. The summed E-state index contributed by atoms with van der Waals surface area (Å²) in [7, 11) is 0. The lowest BCUT2D eigenvalue weighted by atomic mass is 9.95. The van der Waals surface area contributed by atoms with Crippen LogP contribution in [0.5, 0.6) is 0 Å². The molecule has 0 radical (unpaired) electrons. The molecule has 0 fully saturated rings. The lowest BCUT2D eigenvalue weighted by Crippen LogP contribution is -1.83. The van der Waals surface area contributed by atoms with Crippen molar-refractivity contribution in [1.29, 1.82) is 0 Å². The van der Waals surface area contributed by atoms with Gasteiger partial charge in [0.15, 0.2) is 0 Å². The first-order valence-electron chi connectivity index (χ1n) is 9.56. The minimum Gasteiger partial charge on any atom is -0.264 e. The Bertz CT molecular complexity index is 1330. The molecule has 130 valence electrons. The van der Waals surface area contributed by atoms with E-state index < -0.39 is 0 Å². The number of rotatable bonds is 2. The molecule has 1 aliphatic carbocycles. The van der Waals surface area contributed by atoms with Gasteiger partial charge < -0.3 is 0 Å². The molecule has 0 bridgehead atoms. The van der Waals surface area contributed by atoms with E-state index in [2.05, 4.69) is 89.9 Å². The van der Waals surface area contributed by atoms with Gasteiger partial charge in [-0.25, -0.2) is 0 Å². The fraction of sp³-hybridized carbons (Fsp3) is 0. The van der Waals surface area contributed by atoms with Gasteiger partial charge >= 0.3 is 0 Å². The molecular formula is C27H17N. The van der Waals surface area contributed by atoms with E-state index in [1.807, 2.05) is 18.5 Å². The molecule has 0 spiro atoms. The van der Waals surface area contributed by atoms with Crippen molar-refractivity contribution in [3.63, 3.8) is 0 Å². The van der Waals surface area contributed by atoms with Crippen LogP contribution in [0.1, 0.15) is 0 Å². The van der Waals surface area contributed by atoms with Gasteiger partial charge in [-0.3, -0.25) is 4.98 Å². The molecule has 1 heterocycles. The van der Waals surface area contributed by atoms with E-state index in [-0.39, 0.29) is 0 Å². The monoisotopic (exact) mass is 355 g/mol. The van der Waals surface area contributed by atoms with Gasteiger partial charge in [0, 0.05) is 12.4 Å². The lowest BCUT2D eigenvalue weighted by Gasteiger charge is -2.09. The van der Waals surface area contributed by atoms with Crippen LogP contribution in [0.25, 0.3) is 55.3 Å². The predicted octanol–water partition coefficient (Wildman–Crippen LogP) is 7.22. The Hall–Kier alpha value is -3.71. The number of benzene rings is 4. The zero-order chi connectivity index (χ0) is 18.5. The van der Waals surface area contributed by atoms with E-state index in [1.165, 1.54) is 49.7 Å². The van der Waals surface area contributed by atoms with E-state index in [4.69, 9.17) is 0 Å². The first-order chi connectivity index (χ1) is 13.9. The van der Waals surface area contributed by atoms with Gasteiger partial charge in [0.2, 0.25) is 0 Å². The van der Waals surface area contributed by atoms with Crippen LogP contribution in [-0.2, 0) is 0 Å². The summed E-state index contributed by atoms with van der Waals surface area (Å²) in [5, 5.41) is 2.68. The molecule has 6 rings (SSSR count). The zero-order valence-electron chi connectivity index (χ0n) is 15.3. The molecule has 1 nitrogen and oxygen atoms in total. The maximum absolute atomic E-state index is 4.23. The highest BCUT2D eigenvalue weighted by Gasteiger charge is 2.21. The summed E-state index contributed by atoms with van der Waals surface area (Å²) in [4.78, 5) is 4.23. The second-order valence-electron chi connectivity index (χ2n) is 7.29. The molecule has 28 heavy (non-hydrogen) atoms. The average molecular weight is 355 g/mol. The van der Waals surface area contributed by atoms with Crippen molar-refractivity contribution < 1.29 is 0 Å². The fourth-order valence-corrected chi connectivity index (χ4v) is 4.37. The normalized spacial score (nSPS) is 11.6. The van der Waals surface area contributed by atoms with Crippen LogP contribution in [0.2, 0.25) is 0 Å². The summed E-state index contributed by atoms with van der Waals surface area (Å²) in [5.41, 5.74) is 10.2. The number of pyridine rings is 1. The molecule has 0 unspecified atom stereocenters. The molecule has 1 aliphatic rings. The average Bonchev–Trinajstić information content (AvgIpc) is 3.10. The topological polar surface area (TPSA) is 12.9 Å². The Morgan fingerprint density at radius 3 is 1.93 bits per heavy atom. The van der Waals surface area contributed by atoms with Gasteiger partial charge in [-0.15, -0.1) is 0 Å². The van der Waals surface area contributed by atoms with Crippen LogP contribution in [0, 0.1) is 0 Å². The third kappa shape index (κ3) is 2.23. The third-order valence-corrected chi connectivity index (χ3v) is 5.70. The van der Waals surface area contributed by atoms with Crippen molar-refractivity contribution in [2.45, 2.75) is 0 Å². The summed E-state index contributed by atoms with van der Waals surface area (Å²) in [5.74, 6) is 0. The summed E-state index contributed by atoms with van der Waals surface area (Å²) < 4.78 is 0. The smallest absolute Gasteiger partial charge is 0.0346 e. The minimum atomic E-state index is 1.14. The Balaban J connectivity index is 1.52. The summed E-state index contributed by atoms with van der Waals surface area (Å²) in [6.07, 6.45) is 3.71. The Labute approximate surface area is 163 Å². The SMILES string of the molecule is c1cncc(-c2ccc(-c3cc4c5c(cccc5c3)-c3ccccc3-4)cc2)c1. The number of hydrogen-bond acceptors (Lipinski definition) is 1. The van der Waals surface area contributed by atoms with E-state index in [1.54, 1.807) is 0 Å². The molecule has 5 aromatic rings. The van der Waals surface area contributed by atoms with Gasteiger partial charge in [-0.05, 0) is 73.5 Å². The number of hydrogen-bond donors (Lipinski definition) is 0. The zero-order valence-corrected chi connectivity index (χ0v) is 15.3. The molecule has 0 aliphatic heterocycles. The minimum absolute atomic E-state index is 1.14. The molecule has 1 aromatic heterocycles. The predicted molar refractivity (Wildman–Crippen MR) is 117 cm³/mol. The first-order valence-corrected chi connectivity index (χ1v) is 9.56. The Kier molecular flexibility index (Phi) is 3.24. The van der Waals surface area contributed by atoms with Crippen molar-refractivity contribution >= 4 is 10.8 Å². The maximum Gasteiger partial charge on any atom is 0.0346 e. The van der Waals surface area contributed by atoms with Crippen molar-refractivity contribution in [3.05, 3.63) is 103 Å². The van der Waals surface area contributed by atoms with Crippen LogP contribution >= 0.6 is 0 Å². The van der Waals surface area contributed by atoms with Crippen LogP contribution in [0.4, 0.5) is 0 Å². The van der Waals surface area contributed by atoms with Gasteiger partial charge in [0.1, 0.15) is 0 Å². The second-order valence-corrected chi connectivity index (χ2v) is 7.29. The van der Waals surface area contributed by atoms with Crippen molar-refractivity contribution in [2.24, 2.45) is 0 Å². The molecule has 1 heteroatoms. The molecule has 4 aromatic carbocycles. The number of fused-ring (bicyclic) bond motifs is 3. The highest BCUT2D eigenvalue weighted by atomic mass is 14.6. The highest BCUT2D eigenvalue weighted by molar-refractivity contribution is 6.16. The summed E-state index contributed by atoms with van der Waals surface area (Å²) in [6.45, 7) is 0. The quantitative estimate of drug-likeness (QED) is 0.319. The van der Waals surface area contributed by atoms with E-state index in [9.17, 15) is 0 Å². The van der Waals surface area contributed by atoms with E-state index >= 15 is 0 Å². The van der Waals surface area contributed by atoms with E-state index in [0.717, 1.165) is 5.56 Å². The summed E-state index contributed by atoms with van der Waals surface area (Å²) >= 11 is 0. The van der Waals surface area contributed by atoms with Crippen molar-refractivity contribution in [1.82, 2.24) is 4.98 Å². The first kappa shape index (κ1) is 15.4. The molecule has 0 saturated heterocycles. The lowest BCUT2D eigenvalue weighted by molar-refractivity contribution is 1.33. The Morgan fingerprint density at radius 2 is 1.18 bits per heavy atom. The van der Waals surface area contributed by atoms with Crippen LogP contribution in [0.3, 0.4) is 0 Å². The van der Waals surface area contributed by atoms with Gasteiger partial charge in [-0.1, -0.05) is 72.8 Å². The molecule has 0 saturated carbocycles. The molecule has 0 atom stereocenters. The van der Waals surface area contributed by atoms with Crippen molar-refractivity contribution in [2.75, 3.05) is 0 Å². The van der Waals surface area contributed by atoms with Crippen LogP contribution in [0.15, 0.2) is 103 Å². The molecular weight excluding hydrogens is 338 g/mol. The van der Waals surface area contributed by atoms with Crippen molar-refractivity contribution in [3.8, 4) is 44.5 Å². The number of aromatic nitrogens is 1. The third-order valence-electron chi connectivity index (χ3n) is 5.70. The molecule has 0 N–H and O–H groups in total. The van der Waals surface area contributed by atoms with Gasteiger partial charge in [0.05, 0.1) is 0 Å². The standard InChI is InChI=1S/C27H17N/c1-2-8-24-23(7-1)25-9-3-5-20-15-22(16-26(24)27(20)25)19-12-10-18(11-13-19)21-6-4-14-28-17-21/h1-17H. The molecule has 0 amide bonds. The fourth-order valence-electron chi connectivity index (χ4n) is 4.37.